The van der Waals surface area contributed by atoms with Crippen molar-refractivity contribution >= 4 is 46.2 Å². The lowest BCUT2D eigenvalue weighted by atomic mass is 9.82. The van der Waals surface area contributed by atoms with Crippen LogP contribution in [0.5, 0.6) is 5.75 Å². The number of carbonyl (C=O) groups excluding carboxylic acids is 2. The fraction of sp³-hybridized carbons (Fsp3) is 0.508. The summed E-state index contributed by atoms with van der Waals surface area (Å²) in [5.41, 5.74) is 15.3. The number of carbonyl (C=O) groups is 2. The summed E-state index contributed by atoms with van der Waals surface area (Å²) in [6, 6.07) is 22.9. The molecule has 0 radical (unpaired) electrons. The van der Waals surface area contributed by atoms with Gasteiger partial charge in [-0.15, -0.1) is 21.5 Å². The molecular weight excluding hydrogens is 1050 g/mol. The number of phenolic OH excluding ortho intramolecular Hbond substituents is 1. The molecule has 6 aromatic rings. The van der Waals surface area contributed by atoms with E-state index in [1.165, 1.54) is 0 Å². The Hall–Kier alpha value is -7.11. The monoisotopic (exact) mass is 1130 g/mol. The smallest absolute Gasteiger partial charge is 0.243 e. The fourth-order valence-corrected chi connectivity index (χ4v) is 14.3. The van der Waals surface area contributed by atoms with Crippen LogP contribution in [0.15, 0.2) is 89.0 Å². The molecule has 5 aliphatic heterocycles. The average molecular weight is 1130 g/mol. The van der Waals surface area contributed by atoms with E-state index < -0.39 is 18.1 Å². The van der Waals surface area contributed by atoms with Gasteiger partial charge in [-0.3, -0.25) is 9.59 Å². The number of nitrogens with zero attached hydrogens (tertiary/aromatic N) is 10. The molecule has 1 unspecified atom stereocenters. The van der Waals surface area contributed by atoms with E-state index in [0.717, 1.165) is 142 Å². The number of para-hydroxylation sites is 1. The first-order valence-corrected chi connectivity index (χ1v) is 30.5. The number of likely N-dealkylation sites (tertiary alicyclic amines) is 2. The summed E-state index contributed by atoms with van der Waals surface area (Å²) < 4.78 is 12.6. The Kier molecular flexibility index (Phi) is 16.2. The third-order valence-electron chi connectivity index (χ3n) is 18.1. The highest BCUT2D eigenvalue weighted by Gasteiger charge is 2.45. The molecule has 18 nitrogen and oxygen atoms in total. The predicted molar refractivity (Wildman–Crippen MR) is 317 cm³/mol. The largest absolute Gasteiger partial charge is 0.507 e. The number of nitrogens with two attached hydrogens (primary N) is 1. The Balaban J connectivity index is 0.565. The van der Waals surface area contributed by atoms with Gasteiger partial charge < -0.3 is 55.0 Å². The third kappa shape index (κ3) is 11.9. The second-order valence-corrected chi connectivity index (χ2v) is 24.9. The molecule has 1 aliphatic carbocycles. The molecule has 9 heterocycles. The van der Waals surface area contributed by atoms with Crippen LogP contribution in [-0.2, 0) is 14.3 Å². The van der Waals surface area contributed by atoms with E-state index in [2.05, 4.69) is 74.2 Å². The topological polar surface area (TPSA) is 216 Å². The molecule has 1 saturated carbocycles. The number of hydrogen-bond donors (Lipinski definition) is 4. The summed E-state index contributed by atoms with van der Waals surface area (Å²) in [5.74, 6) is 8.32. The molecule has 2 bridgehead atoms. The summed E-state index contributed by atoms with van der Waals surface area (Å²) in [7, 11) is 0. The maximum atomic E-state index is 14.4. The van der Waals surface area contributed by atoms with Crippen LogP contribution in [0.2, 0.25) is 0 Å². The van der Waals surface area contributed by atoms with Crippen LogP contribution in [0.3, 0.4) is 0 Å². The van der Waals surface area contributed by atoms with E-state index in [1.54, 1.807) is 28.4 Å². The Bertz CT molecular complexity index is 3270. The number of anilines is 4. The number of amides is 2. The third-order valence-corrected chi connectivity index (χ3v) is 19.1. The van der Waals surface area contributed by atoms with Crippen LogP contribution in [-0.4, -0.2) is 146 Å². The quantitative estimate of drug-likeness (QED) is 0.0713. The maximum absolute atomic E-state index is 14.4. The van der Waals surface area contributed by atoms with Gasteiger partial charge >= 0.3 is 0 Å². The minimum atomic E-state index is -0.801. The highest BCUT2D eigenvalue weighted by Crippen LogP contribution is 2.41. The van der Waals surface area contributed by atoms with Gasteiger partial charge in [0.25, 0.3) is 0 Å². The number of aliphatic hydroxyl groups excluding tert-OH is 1. The van der Waals surface area contributed by atoms with E-state index in [0.29, 0.717) is 46.8 Å². The number of aryl methyl sites for hydroxylation is 1. The number of hydrogen-bond acceptors (Lipinski definition) is 17. The molecule has 82 heavy (non-hydrogen) atoms. The van der Waals surface area contributed by atoms with Gasteiger partial charge in [0.1, 0.15) is 23.4 Å². The highest BCUT2D eigenvalue weighted by atomic mass is 32.1. The van der Waals surface area contributed by atoms with Gasteiger partial charge in [0, 0.05) is 100 Å². The summed E-state index contributed by atoms with van der Waals surface area (Å²) in [6.07, 6.45) is 10.1. The van der Waals surface area contributed by atoms with Gasteiger partial charge in [-0.2, -0.15) is 0 Å². The highest BCUT2D eigenvalue weighted by molar-refractivity contribution is 7.13. The van der Waals surface area contributed by atoms with Crippen LogP contribution in [0, 0.1) is 36.5 Å². The molecule has 2 amide bonds. The zero-order valence-electron chi connectivity index (χ0n) is 47.4. The summed E-state index contributed by atoms with van der Waals surface area (Å²) >= 11 is 1.60. The van der Waals surface area contributed by atoms with Gasteiger partial charge in [0.15, 0.2) is 17.4 Å². The molecule has 19 heteroatoms. The predicted octanol–water partition coefficient (Wildman–Crippen LogP) is 8.21. The molecule has 5 N–H and O–H groups in total. The van der Waals surface area contributed by atoms with Gasteiger partial charge in [-0.1, -0.05) is 61.3 Å². The zero-order chi connectivity index (χ0) is 56.6. The van der Waals surface area contributed by atoms with Crippen molar-refractivity contribution < 1.29 is 29.1 Å². The van der Waals surface area contributed by atoms with Crippen molar-refractivity contribution in [2.24, 2.45) is 17.8 Å². The number of thiazole rings is 1. The Morgan fingerprint density at radius 1 is 0.866 bits per heavy atom. The Morgan fingerprint density at radius 2 is 1.62 bits per heavy atom. The lowest BCUT2D eigenvalue weighted by Crippen LogP contribution is -2.54. The van der Waals surface area contributed by atoms with Crippen molar-refractivity contribution in [1.82, 2.24) is 40.4 Å². The molecule has 6 aliphatic rings. The number of fused-ring (bicyclic) bond motifs is 2. The summed E-state index contributed by atoms with van der Waals surface area (Å²) in [6.45, 7) is 14.5. The van der Waals surface area contributed by atoms with E-state index in [4.69, 9.17) is 15.0 Å². The van der Waals surface area contributed by atoms with Crippen LogP contribution >= 0.6 is 11.3 Å². The van der Waals surface area contributed by atoms with E-state index >= 15 is 0 Å². The van der Waals surface area contributed by atoms with Crippen molar-refractivity contribution in [3.05, 3.63) is 107 Å². The minimum absolute atomic E-state index is 0.0860. The molecule has 430 valence electrons. The second-order valence-electron chi connectivity index (χ2n) is 24.1. The van der Waals surface area contributed by atoms with Crippen LogP contribution in [0.1, 0.15) is 113 Å². The number of phenols is 1. The van der Waals surface area contributed by atoms with Gasteiger partial charge in [-0.25, -0.2) is 9.97 Å². The number of piperazine rings is 1. The van der Waals surface area contributed by atoms with Crippen molar-refractivity contribution in [3.8, 4) is 39.3 Å². The number of rotatable bonds is 15. The molecule has 5 saturated heterocycles. The molecule has 0 spiro atoms. The molecule has 2 aromatic carbocycles. The first-order chi connectivity index (χ1) is 39.8. The van der Waals surface area contributed by atoms with E-state index in [1.807, 2.05) is 87.9 Å². The molecule has 6 atom stereocenters. The number of nitrogens with one attached hydrogen (secondary N) is 1. The normalized spacial score (nSPS) is 24.1. The van der Waals surface area contributed by atoms with Crippen molar-refractivity contribution in [2.45, 2.75) is 134 Å². The van der Waals surface area contributed by atoms with Crippen LogP contribution in [0.25, 0.3) is 21.7 Å². The molecule has 12 rings (SSSR count). The molecule has 6 fully saturated rings. The second kappa shape index (κ2) is 24.0. The number of nitrogen functional groups attached to an aromatic ring is 1. The van der Waals surface area contributed by atoms with Crippen molar-refractivity contribution in [1.29, 1.82) is 0 Å². The first kappa shape index (κ1) is 55.4. The SMILES string of the molecule is Cc1ncsc1-c1ccc([C@H](C)NC(=O)[C@@H]2C[C@@H](O)CN2C(=O)[C@@H](c2cc(N3CCC(CN4CCC(OC5CC(C#Cc6cc(N7C8CC[C@@H]7CN(c7cc(-c9ccccc9O)nnc7N)C8)ccn6)C5)CC4)CC3)no2)C(C)C)cc1. The summed E-state index contributed by atoms with van der Waals surface area (Å²) in [4.78, 5) is 49.7. The maximum Gasteiger partial charge on any atom is 0.243 e. The molecule has 4 aromatic heterocycles. The lowest BCUT2D eigenvalue weighted by molar-refractivity contribution is -0.141. The molecular formula is C63H76N12O6S. The number of benzene rings is 2. The Morgan fingerprint density at radius 3 is 2.34 bits per heavy atom. The number of aromatic nitrogens is 5. The van der Waals surface area contributed by atoms with Gasteiger partial charge in [0.05, 0.1) is 51.8 Å². The van der Waals surface area contributed by atoms with Crippen LogP contribution < -0.4 is 25.8 Å². The van der Waals surface area contributed by atoms with Gasteiger partial charge in [-0.05, 0) is 124 Å². The minimum Gasteiger partial charge on any atom is -0.507 e. The number of pyridine rings is 1. The van der Waals surface area contributed by atoms with Crippen molar-refractivity contribution in [3.63, 3.8) is 0 Å². The first-order valence-electron chi connectivity index (χ1n) is 29.6. The van der Waals surface area contributed by atoms with E-state index in [-0.39, 0.29) is 54.7 Å². The summed E-state index contributed by atoms with van der Waals surface area (Å²) in [5, 5.41) is 37.5. The fourth-order valence-electron chi connectivity index (χ4n) is 13.5. The average Bonchev–Trinajstić information content (AvgIpc) is 3.93. The lowest BCUT2D eigenvalue weighted by Gasteiger charge is -2.43. The number of aliphatic hydroxyl groups is 1. The number of aromatic hydroxyl groups is 1. The Labute approximate surface area is 484 Å². The zero-order valence-corrected chi connectivity index (χ0v) is 48.3. The standard InChI is InChI=1S/C63H76N12O6S/c1-38(2)59(63(79)74-36-49(76)30-55(74)62(78)67-39(3)43-10-12-44(13-11-43)60-40(4)66-37-82-60)57-32-58(70-81-57)72-25-18-41(19-26-72)33-71-23-20-50(21-24-71)80-51-27-42(28-51)9-14-45-29-46(17-22-65-45)75-47-15-16-48(75)35-73(34-47)54-31-53(68-69-61(54)64)52-7-5-6-8-56(52)77/h5-8,10-13,17,22,29,31-32,37-39,41-42,47-51,55,59,76-77H,15-16,18-21,23-28,30,33-36H2,1-4H3,(H2,64,69)(H,67,78)/t39-,42?,47+,48?,49+,51?,55-,59+/m0/s1. The van der Waals surface area contributed by atoms with E-state index in [9.17, 15) is 19.8 Å². The van der Waals surface area contributed by atoms with Crippen molar-refractivity contribution in [2.75, 3.05) is 72.8 Å². The number of piperidine rings is 2. The van der Waals surface area contributed by atoms with Crippen LogP contribution in [0.4, 0.5) is 23.0 Å². The van der Waals surface area contributed by atoms with Gasteiger partial charge in [0.2, 0.25) is 11.8 Å². The number of β-amino-alcohol motifs (C(OH)–C–C–N with tert-alkyl or cyclic N) is 1. The number of ether oxygens (including phenoxy) is 1.